The maximum absolute atomic E-state index is 12.1. The number of aliphatic carboxylic acids is 1. The van der Waals surface area contributed by atoms with Crippen molar-refractivity contribution in [3.8, 4) is 0 Å². The third kappa shape index (κ3) is 5.69. The summed E-state index contributed by atoms with van der Waals surface area (Å²) in [5, 5.41) is 11.7. The minimum Gasteiger partial charge on any atom is -0.481 e. The van der Waals surface area contributed by atoms with Crippen molar-refractivity contribution in [3.63, 3.8) is 0 Å². The Bertz CT molecular complexity index is 314. The van der Waals surface area contributed by atoms with Crippen molar-refractivity contribution >= 4 is 23.8 Å². The zero-order valence-electron chi connectivity index (χ0n) is 11.4. The van der Waals surface area contributed by atoms with Crippen LogP contribution >= 0.6 is 11.8 Å². The molecule has 1 aliphatic rings. The summed E-state index contributed by atoms with van der Waals surface area (Å²) in [5.41, 5.74) is 0. The summed E-state index contributed by atoms with van der Waals surface area (Å²) in [6.07, 6.45) is 0.000259. The summed E-state index contributed by atoms with van der Waals surface area (Å²) in [6, 6.07) is -0.498. The van der Waals surface area contributed by atoms with Crippen molar-refractivity contribution < 1.29 is 19.4 Å². The van der Waals surface area contributed by atoms with Crippen LogP contribution in [0, 0.1) is 0 Å². The van der Waals surface area contributed by atoms with Crippen molar-refractivity contribution in [2.24, 2.45) is 0 Å². The van der Waals surface area contributed by atoms with E-state index in [0.29, 0.717) is 25.5 Å². The van der Waals surface area contributed by atoms with Crippen LogP contribution in [0.25, 0.3) is 0 Å². The van der Waals surface area contributed by atoms with Gasteiger partial charge in [0.25, 0.3) is 0 Å². The Balaban J connectivity index is 2.49. The lowest BCUT2D eigenvalue weighted by Crippen LogP contribution is -2.53. The quantitative estimate of drug-likeness (QED) is 0.763. The second-order valence-corrected chi connectivity index (χ2v) is 5.68. The van der Waals surface area contributed by atoms with Crippen LogP contribution in [0.3, 0.4) is 0 Å². The number of carboxylic acid groups (broad SMARTS) is 1. The van der Waals surface area contributed by atoms with E-state index in [1.807, 2.05) is 13.8 Å². The maximum Gasteiger partial charge on any atom is 0.318 e. The zero-order chi connectivity index (χ0) is 14.3. The molecule has 0 bridgehead atoms. The van der Waals surface area contributed by atoms with Crippen LogP contribution in [-0.2, 0) is 9.53 Å². The molecule has 0 spiro atoms. The lowest BCUT2D eigenvalue weighted by molar-refractivity contribution is -0.138. The van der Waals surface area contributed by atoms with Gasteiger partial charge in [-0.2, -0.15) is 11.8 Å². The van der Waals surface area contributed by atoms with Gasteiger partial charge < -0.3 is 20.1 Å². The highest BCUT2D eigenvalue weighted by Crippen LogP contribution is 2.19. The minimum absolute atomic E-state index is 0.000259. The first kappa shape index (κ1) is 16.1. The molecule has 1 saturated heterocycles. The summed E-state index contributed by atoms with van der Waals surface area (Å²) in [4.78, 5) is 24.6. The van der Waals surface area contributed by atoms with E-state index in [-0.39, 0.29) is 24.5 Å². The molecular formula is C12H22N2O4S. The van der Waals surface area contributed by atoms with Crippen LogP contribution in [0.1, 0.15) is 20.3 Å². The fourth-order valence-electron chi connectivity index (χ4n) is 1.92. The van der Waals surface area contributed by atoms with Gasteiger partial charge in [-0.1, -0.05) is 0 Å². The molecule has 0 saturated carbocycles. The number of amides is 2. The molecule has 0 aromatic carbocycles. The molecule has 0 radical (unpaired) electrons. The van der Waals surface area contributed by atoms with E-state index in [0.717, 1.165) is 5.75 Å². The number of thioether (sulfide) groups is 1. The number of carbonyl (C=O) groups excluding carboxylic acids is 1. The molecule has 2 amide bonds. The zero-order valence-corrected chi connectivity index (χ0v) is 12.2. The third-order valence-electron chi connectivity index (χ3n) is 2.84. The van der Waals surface area contributed by atoms with E-state index in [1.165, 1.54) is 0 Å². The SMILES string of the molecule is CCOCC(C)NC(=O)N1CCSCC1CC(=O)O. The molecular weight excluding hydrogens is 268 g/mol. The van der Waals surface area contributed by atoms with Crippen LogP contribution in [0.4, 0.5) is 4.79 Å². The number of nitrogens with one attached hydrogen (secondary N) is 1. The Hall–Kier alpha value is -0.950. The van der Waals surface area contributed by atoms with Crippen LogP contribution in [0.2, 0.25) is 0 Å². The van der Waals surface area contributed by atoms with Crippen molar-refractivity contribution in [1.29, 1.82) is 0 Å². The molecule has 110 valence electrons. The van der Waals surface area contributed by atoms with Crippen LogP contribution in [0.15, 0.2) is 0 Å². The lowest BCUT2D eigenvalue weighted by Gasteiger charge is -2.35. The number of nitrogens with zero attached hydrogens (tertiary/aromatic N) is 1. The number of hydrogen-bond acceptors (Lipinski definition) is 4. The van der Waals surface area contributed by atoms with Gasteiger partial charge in [0.15, 0.2) is 0 Å². The molecule has 1 rings (SSSR count). The van der Waals surface area contributed by atoms with Gasteiger partial charge in [0.05, 0.1) is 25.1 Å². The van der Waals surface area contributed by atoms with E-state index < -0.39 is 5.97 Å². The summed E-state index contributed by atoms with van der Waals surface area (Å²) >= 11 is 1.69. The molecule has 1 heterocycles. The summed E-state index contributed by atoms with van der Waals surface area (Å²) in [7, 11) is 0. The predicted octanol–water partition coefficient (Wildman–Crippen LogP) is 1.01. The molecule has 1 fully saturated rings. The van der Waals surface area contributed by atoms with Crippen LogP contribution in [-0.4, -0.2) is 65.4 Å². The van der Waals surface area contributed by atoms with Gasteiger partial charge in [-0.3, -0.25) is 4.79 Å². The van der Waals surface area contributed by atoms with Gasteiger partial charge in [0.1, 0.15) is 0 Å². The van der Waals surface area contributed by atoms with Crippen LogP contribution in [0.5, 0.6) is 0 Å². The third-order valence-corrected chi connectivity index (χ3v) is 3.93. The highest BCUT2D eigenvalue weighted by atomic mass is 32.2. The van der Waals surface area contributed by atoms with E-state index in [2.05, 4.69) is 5.32 Å². The summed E-state index contributed by atoms with van der Waals surface area (Å²) in [6.45, 7) is 5.45. The second-order valence-electron chi connectivity index (χ2n) is 4.53. The Morgan fingerprint density at radius 1 is 1.58 bits per heavy atom. The van der Waals surface area contributed by atoms with E-state index >= 15 is 0 Å². The van der Waals surface area contributed by atoms with Crippen LogP contribution < -0.4 is 5.32 Å². The van der Waals surface area contributed by atoms with Gasteiger partial charge >= 0.3 is 12.0 Å². The van der Waals surface area contributed by atoms with Gasteiger partial charge in [0, 0.05) is 24.7 Å². The first-order valence-corrected chi connectivity index (χ1v) is 7.64. The lowest BCUT2D eigenvalue weighted by atomic mass is 10.2. The molecule has 19 heavy (non-hydrogen) atoms. The number of carbonyl (C=O) groups is 2. The second kappa shape index (κ2) is 8.27. The van der Waals surface area contributed by atoms with Crippen molar-refractivity contribution in [2.75, 3.05) is 31.3 Å². The van der Waals surface area contributed by atoms with E-state index in [9.17, 15) is 9.59 Å². The Kier molecular flexibility index (Phi) is 7.01. The van der Waals surface area contributed by atoms with Crippen molar-refractivity contribution in [3.05, 3.63) is 0 Å². The topological polar surface area (TPSA) is 78.9 Å². The van der Waals surface area contributed by atoms with Gasteiger partial charge in [-0.25, -0.2) is 4.79 Å². The number of rotatable bonds is 6. The molecule has 0 aromatic heterocycles. The van der Waals surface area contributed by atoms with E-state index in [4.69, 9.17) is 9.84 Å². The number of hydrogen-bond donors (Lipinski definition) is 2. The smallest absolute Gasteiger partial charge is 0.318 e. The Morgan fingerprint density at radius 2 is 2.32 bits per heavy atom. The standard InChI is InChI=1S/C12H22N2O4S/c1-3-18-7-9(2)13-12(17)14-4-5-19-8-10(14)6-11(15)16/h9-10H,3-8H2,1-2H3,(H,13,17)(H,15,16). The number of ether oxygens (including phenoxy) is 1. The number of carboxylic acids is 1. The van der Waals surface area contributed by atoms with Gasteiger partial charge in [-0.05, 0) is 13.8 Å². The van der Waals surface area contributed by atoms with Gasteiger partial charge in [-0.15, -0.1) is 0 Å². The molecule has 2 N–H and O–H groups in total. The normalized spacial score (nSPS) is 20.9. The molecule has 2 atom stereocenters. The first-order chi connectivity index (χ1) is 9.04. The maximum atomic E-state index is 12.1. The van der Waals surface area contributed by atoms with E-state index in [1.54, 1.807) is 16.7 Å². The molecule has 0 aliphatic carbocycles. The molecule has 6 nitrogen and oxygen atoms in total. The Labute approximate surface area is 117 Å². The Morgan fingerprint density at radius 3 is 2.95 bits per heavy atom. The fourth-order valence-corrected chi connectivity index (χ4v) is 2.99. The minimum atomic E-state index is -0.868. The highest BCUT2D eigenvalue weighted by molar-refractivity contribution is 7.99. The van der Waals surface area contributed by atoms with Crippen molar-refractivity contribution in [1.82, 2.24) is 10.2 Å². The van der Waals surface area contributed by atoms with Gasteiger partial charge in [0.2, 0.25) is 0 Å². The largest absolute Gasteiger partial charge is 0.481 e. The molecule has 0 aromatic rings. The van der Waals surface area contributed by atoms with Crippen molar-refractivity contribution in [2.45, 2.75) is 32.4 Å². The fraction of sp³-hybridized carbons (Fsp3) is 0.833. The molecule has 7 heteroatoms. The predicted molar refractivity (Wildman–Crippen MR) is 74.6 cm³/mol. The highest BCUT2D eigenvalue weighted by Gasteiger charge is 2.29. The molecule has 2 unspecified atom stereocenters. The average molecular weight is 290 g/mol. The average Bonchev–Trinajstić information content (AvgIpc) is 2.36. The first-order valence-electron chi connectivity index (χ1n) is 6.49. The summed E-state index contributed by atoms with van der Waals surface area (Å²) in [5.74, 6) is 0.663. The number of urea groups is 1. The monoisotopic (exact) mass is 290 g/mol. The molecule has 1 aliphatic heterocycles. The summed E-state index contributed by atoms with van der Waals surface area (Å²) < 4.78 is 5.24.